The monoisotopic (exact) mass is 294 g/mol. The molecule has 0 aliphatic rings. The van der Waals surface area contributed by atoms with Gasteiger partial charge in [-0.1, -0.05) is 0 Å². The summed E-state index contributed by atoms with van der Waals surface area (Å²) < 4.78 is 28.4. The molecular formula is C13H8F2N2O4. The Hall–Kier alpha value is -2.90. The summed E-state index contributed by atoms with van der Waals surface area (Å²) >= 11 is 0. The first kappa shape index (κ1) is 14.5. The van der Waals surface area contributed by atoms with Gasteiger partial charge in [0.05, 0.1) is 4.92 Å². The standard InChI is InChI=1S/C13H8F2N2O4/c14-13(15)21-11-2-1-9(7-10(11)17(19)20)12(18)8-3-5-16-6-4-8/h1-7,13H. The Morgan fingerprint density at radius 2 is 1.86 bits per heavy atom. The van der Waals surface area contributed by atoms with Gasteiger partial charge in [0.2, 0.25) is 5.75 Å². The van der Waals surface area contributed by atoms with Crippen molar-refractivity contribution in [2.24, 2.45) is 0 Å². The van der Waals surface area contributed by atoms with E-state index in [0.29, 0.717) is 0 Å². The van der Waals surface area contributed by atoms with Gasteiger partial charge in [-0.25, -0.2) is 0 Å². The van der Waals surface area contributed by atoms with E-state index in [1.165, 1.54) is 30.6 Å². The van der Waals surface area contributed by atoms with E-state index < -0.39 is 28.8 Å². The fourth-order valence-electron chi connectivity index (χ4n) is 1.67. The Kier molecular flexibility index (Phi) is 4.17. The fourth-order valence-corrected chi connectivity index (χ4v) is 1.67. The van der Waals surface area contributed by atoms with Gasteiger partial charge in [0, 0.05) is 29.6 Å². The molecule has 21 heavy (non-hydrogen) atoms. The fraction of sp³-hybridized carbons (Fsp3) is 0.0769. The van der Waals surface area contributed by atoms with Gasteiger partial charge in [-0.2, -0.15) is 8.78 Å². The summed E-state index contributed by atoms with van der Waals surface area (Å²) in [7, 11) is 0. The maximum absolute atomic E-state index is 12.2. The van der Waals surface area contributed by atoms with Crippen LogP contribution in [0.2, 0.25) is 0 Å². The van der Waals surface area contributed by atoms with Crippen LogP contribution in [0, 0.1) is 10.1 Å². The molecule has 6 nitrogen and oxygen atoms in total. The quantitative estimate of drug-likeness (QED) is 0.481. The first-order chi connectivity index (χ1) is 9.99. The zero-order valence-corrected chi connectivity index (χ0v) is 10.4. The zero-order chi connectivity index (χ0) is 15.4. The van der Waals surface area contributed by atoms with Crippen molar-refractivity contribution in [2.75, 3.05) is 0 Å². The van der Waals surface area contributed by atoms with Crippen LogP contribution in [0.25, 0.3) is 0 Å². The highest BCUT2D eigenvalue weighted by Gasteiger charge is 2.21. The van der Waals surface area contributed by atoms with E-state index in [4.69, 9.17) is 0 Å². The summed E-state index contributed by atoms with van der Waals surface area (Å²) in [6, 6.07) is 5.95. The summed E-state index contributed by atoms with van der Waals surface area (Å²) in [5.41, 5.74) is -0.424. The molecule has 0 bridgehead atoms. The number of ketones is 1. The molecule has 2 rings (SSSR count). The largest absolute Gasteiger partial charge is 0.427 e. The first-order valence-corrected chi connectivity index (χ1v) is 5.67. The van der Waals surface area contributed by atoms with Crippen molar-refractivity contribution in [3.05, 3.63) is 64.0 Å². The minimum Gasteiger partial charge on any atom is -0.427 e. The maximum Gasteiger partial charge on any atom is 0.387 e. The molecule has 0 aliphatic carbocycles. The van der Waals surface area contributed by atoms with E-state index in [1.54, 1.807) is 0 Å². The van der Waals surface area contributed by atoms with Gasteiger partial charge in [0.15, 0.2) is 5.78 Å². The predicted octanol–water partition coefficient (Wildman–Crippen LogP) is 2.82. The van der Waals surface area contributed by atoms with Gasteiger partial charge in [-0.15, -0.1) is 0 Å². The number of ether oxygens (including phenoxy) is 1. The molecule has 0 fully saturated rings. The number of carbonyl (C=O) groups is 1. The lowest BCUT2D eigenvalue weighted by molar-refractivity contribution is -0.386. The number of nitro groups is 1. The number of carbonyl (C=O) groups excluding carboxylic acids is 1. The molecule has 0 spiro atoms. The van der Waals surface area contributed by atoms with Crippen LogP contribution in [0.15, 0.2) is 42.7 Å². The van der Waals surface area contributed by atoms with E-state index in [9.17, 15) is 23.7 Å². The van der Waals surface area contributed by atoms with Crippen LogP contribution in [0.1, 0.15) is 15.9 Å². The van der Waals surface area contributed by atoms with Crippen molar-refractivity contribution < 1.29 is 23.2 Å². The van der Waals surface area contributed by atoms with Crippen LogP contribution in [-0.4, -0.2) is 22.3 Å². The number of halogens is 2. The molecule has 1 aromatic carbocycles. The van der Waals surface area contributed by atoms with Crippen molar-refractivity contribution >= 4 is 11.5 Å². The van der Waals surface area contributed by atoms with Gasteiger partial charge in [0.25, 0.3) is 0 Å². The molecule has 2 aromatic rings. The maximum atomic E-state index is 12.2. The number of rotatable bonds is 5. The van der Waals surface area contributed by atoms with Gasteiger partial charge in [-0.3, -0.25) is 19.9 Å². The summed E-state index contributed by atoms with van der Waals surface area (Å²) in [4.78, 5) is 25.9. The van der Waals surface area contributed by atoms with Crippen LogP contribution < -0.4 is 4.74 Å². The number of hydrogen-bond donors (Lipinski definition) is 0. The second kappa shape index (κ2) is 6.04. The molecule has 0 aliphatic heterocycles. The van der Waals surface area contributed by atoms with Gasteiger partial charge < -0.3 is 4.74 Å². The van der Waals surface area contributed by atoms with Gasteiger partial charge in [-0.05, 0) is 24.3 Å². The van der Waals surface area contributed by atoms with Crippen molar-refractivity contribution in [3.8, 4) is 5.75 Å². The summed E-state index contributed by atoms with van der Waals surface area (Å²) in [5, 5.41) is 10.9. The molecule has 0 radical (unpaired) electrons. The predicted molar refractivity (Wildman–Crippen MR) is 67.4 cm³/mol. The Morgan fingerprint density at radius 1 is 1.19 bits per heavy atom. The molecule has 0 saturated heterocycles. The lowest BCUT2D eigenvalue weighted by Gasteiger charge is -2.06. The minimum atomic E-state index is -3.19. The molecule has 0 atom stereocenters. The zero-order valence-electron chi connectivity index (χ0n) is 10.4. The lowest BCUT2D eigenvalue weighted by atomic mass is 10.0. The second-order valence-electron chi connectivity index (χ2n) is 3.88. The Morgan fingerprint density at radius 3 is 2.43 bits per heavy atom. The van der Waals surface area contributed by atoms with E-state index in [2.05, 4.69) is 9.72 Å². The number of benzene rings is 1. The number of nitrogens with zero attached hydrogens (tertiary/aromatic N) is 2. The molecule has 8 heteroatoms. The topological polar surface area (TPSA) is 82.3 Å². The molecule has 1 aromatic heterocycles. The molecule has 108 valence electrons. The number of pyridine rings is 1. The number of hydrogen-bond acceptors (Lipinski definition) is 5. The minimum absolute atomic E-state index is 0.00508. The van der Waals surface area contributed by atoms with Crippen LogP contribution in [0.4, 0.5) is 14.5 Å². The lowest BCUT2D eigenvalue weighted by Crippen LogP contribution is -2.07. The van der Waals surface area contributed by atoms with Crippen molar-refractivity contribution in [1.29, 1.82) is 0 Å². The first-order valence-electron chi connectivity index (χ1n) is 5.67. The van der Waals surface area contributed by atoms with Crippen LogP contribution >= 0.6 is 0 Å². The summed E-state index contributed by atoms with van der Waals surface area (Å²) in [6.45, 7) is -3.19. The van der Waals surface area contributed by atoms with Gasteiger partial charge in [0.1, 0.15) is 0 Å². The van der Waals surface area contributed by atoms with Gasteiger partial charge >= 0.3 is 12.3 Å². The Bertz CT molecular complexity index is 677. The molecule has 0 amide bonds. The summed E-state index contributed by atoms with van der Waals surface area (Å²) in [5.74, 6) is -1.08. The third-order valence-electron chi connectivity index (χ3n) is 2.58. The molecular weight excluding hydrogens is 286 g/mol. The molecule has 0 N–H and O–H groups in total. The van der Waals surface area contributed by atoms with E-state index in [1.807, 2.05) is 0 Å². The van der Waals surface area contributed by atoms with Crippen molar-refractivity contribution in [1.82, 2.24) is 4.98 Å². The highest BCUT2D eigenvalue weighted by molar-refractivity contribution is 6.09. The van der Waals surface area contributed by atoms with Crippen molar-refractivity contribution in [2.45, 2.75) is 6.61 Å². The Labute approximate surface area is 117 Å². The van der Waals surface area contributed by atoms with Crippen molar-refractivity contribution in [3.63, 3.8) is 0 Å². The van der Waals surface area contributed by atoms with E-state index in [-0.39, 0.29) is 11.1 Å². The average Bonchev–Trinajstić information content (AvgIpc) is 2.47. The highest BCUT2D eigenvalue weighted by atomic mass is 19.3. The normalized spacial score (nSPS) is 10.4. The molecule has 0 saturated carbocycles. The van der Waals surface area contributed by atoms with E-state index in [0.717, 1.165) is 12.1 Å². The number of alkyl halides is 2. The third kappa shape index (κ3) is 3.35. The second-order valence-corrected chi connectivity index (χ2v) is 3.88. The number of aromatic nitrogens is 1. The van der Waals surface area contributed by atoms with E-state index >= 15 is 0 Å². The molecule has 1 heterocycles. The average molecular weight is 294 g/mol. The van der Waals surface area contributed by atoms with Crippen LogP contribution in [0.5, 0.6) is 5.75 Å². The SMILES string of the molecule is O=C(c1ccncc1)c1ccc(OC(F)F)c([N+](=O)[O-])c1. The smallest absolute Gasteiger partial charge is 0.387 e. The third-order valence-corrected chi connectivity index (χ3v) is 2.58. The Balaban J connectivity index is 2.40. The molecule has 0 unspecified atom stereocenters. The highest BCUT2D eigenvalue weighted by Crippen LogP contribution is 2.30. The summed E-state index contributed by atoms with van der Waals surface area (Å²) in [6.07, 6.45) is 2.80. The van der Waals surface area contributed by atoms with Crippen LogP contribution in [0.3, 0.4) is 0 Å². The van der Waals surface area contributed by atoms with Crippen LogP contribution in [-0.2, 0) is 0 Å². The number of nitro benzene ring substituents is 1.